The molecule has 1 heterocycles. The van der Waals surface area contributed by atoms with E-state index in [2.05, 4.69) is 12.6 Å². The zero-order valence-corrected chi connectivity index (χ0v) is 9.17. The van der Waals surface area contributed by atoms with Crippen LogP contribution in [0, 0.1) is 0 Å². The van der Waals surface area contributed by atoms with Crippen LogP contribution in [0.3, 0.4) is 0 Å². The monoisotopic (exact) mass is 232 g/mol. The number of aldehydes is 1. The molecule has 2 atom stereocenters. The smallest absolute Gasteiger partial charge is 0.160 e. The highest BCUT2D eigenvalue weighted by Crippen LogP contribution is 2.23. The lowest BCUT2D eigenvalue weighted by Gasteiger charge is -2.15. The number of thiophene rings is 1. The third-order valence-electron chi connectivity index (χ3n) is 1.89. The molecular formula is C9H12O3S2. The summed E-state index contributed by atoms with van der Waals surface area (Å²) in [7, 11) is 0. The first-order valence-electron chi connectivity index (χ1n) is 4.19. The van der Waals surface area contributed by atoms with Gasteiger partial charge in [-0.25, -0.2) is 0 Å². The molecule has 0 aromatic carbocycles. The van der Waals surface area contributed by atoms with Crippen LogP contribution in [0.5, 0.6) is 0 Å². The minimum absolute atomic E-state index is 0.427. The standard InChI is InChI=1S/C9H12O3S2/c10-4-7-3-6(5-14-7)9(12)8(11)1-2-13/h3-5,8-9,11-13H,1-2H2. The Bertz CT molecular complexity index is 298. The van der Waals surface area contributed by atoms with E-state index in [1.54, 1.807) is 11.4 Å². The van der Waals surface area contributed by atoms with E-state index in [1.807, 2.05) is 0 Å². The van der Waals surface area contributed by atoms with Crippen LogP contribution in [0.15, 0.2) is 11.4 Å². The Kier molecular flexibility index (Phi) is 4.60. The Morgan fingerprint density at radius 3 is 2.79 bits per heavy atom. The molecule has 1 aromatic heterocycles. The van der Waals surface area contributed by atoms with Crippen molar-refractivity contribution in [3.05, 3.63) is 21.9 Å². The van der Waals surface area contributed by atoms with E-state index in [1.165, 1.54) is 11.3 Å². The first kappa shape index (κ1) is 11.7. The predicted octanol–water partition coefficient (Wildman–Crippen LogP) is 1.27. The second kappa shape index (κ2) is 5.50. The fraction of sp³-hybridized carbons (Fsp3) is 0.444. The molecule has 78 valence electrons. The Hall–Kier alpha value is -0.360. The summed E-state index contributed by atoms with van der Waals surface area (Å²) in [5, 5.41) is 20.8. The van der Waals surface area contributed by atoms with E-state index < -0.39 is 12.2 Å². The molecule has 0 saturated carbocycles. The average Bonchev–Trinajstić information content (AvgIpc) is 2.65. The Morgan fingerprint density at radius 1 is 1.57 bits per heavy atom. The minimum atomic E-state index is -0.924. The molecule has 0 saturated heterocycles. The summed E-state index contributed by atoms with van der Waals surface area (Å²) in [6, 6.07) is 1.59. The fourth-order valence-corrected chi connectivity index (χ4v) is 2.10. The molecule has 0 aliphatic rings. The lowest BCUT2D eigenvalue weighted by Crippen LogP contribution is -2.18. The summed E-state index contributed by atoms with van der Waals surface area (Å²) in [5.74, 6) is 0.517. The molecule has 2 N–H and O–H groups in total. The van der Waals surface area contributed by atoms with Crippen molar-refractivity contribution >= 4 is 30.3 Å². The van der Waals surface area contributed by atoms with Crippen molar-refractivity contribution in [3.8, 4) is 0 Å². The number of thiol groups is 1. The zero-order chi connectivity index (χ0) is 10.6. The molecule has 0 fully saturated rings. The zero-order valence-electron chi connectivity index (χ0n) is 7.46. The SMILES string of the molecule is O=Cc1cc(C(O)C(O)CCS)cs1. The maximum Gasteiger partial charge on any atom is 0.160 e. The van der Waals surface area contributed by atoms with Crippen LogP contribution in [0.2, 0.25) is 0 Å². The van der Waals surface area contributed by atoms with E-state index in [-0.39, 0.29) is 0 Å². The van der Waals surface area contributed by atoms with Crippen LogP contribution >= 0.6 is 24.0 Å². The van der Waals surface area contributed by atoms with Crippen molar-refractivity contribution in [2.75, 3.05) is 5.75 Å². The molecule has 0 spiro atoms. The molecule has 3 nitrogen and oxygen atoms in total. The number of aliphatic hydroxyl groups is 2. The minimum Gasteiger partial charge on any atom is -0.390 e. The van der Waals surface area contributed by atoms with E-state index in [0.29, 0.717) is 22.6 Å². The van der Waals surface area contributed by atoms with Crippen molar-refractivity contribution in [1.29, 1.82) is 0 Å². The van der Waals surface area contributed by atoms with E-state index in [9.17, 15) is 15.0 Å². The summed E-state index contributed by atoms with van der Waals surface area (Å²) in [4.78, 5) is 10.9. The average molecular weight is 232 g/mol. The van der Waals surface area contributed by atoms with Crippen molar-refractivity contribution in [2.24, 2.45) is 0 Å². The second-order valence-electron chi connectivity index (χ2n) is 2.92. The summed E-state index contributed by atoms with van der Waals surface area (Å²) in [5.41, 5.74) is 0.589. The number of rotatable bonds is 5. The van der Waals surface area contributed by atoms with Gasteiger partial charge in [0.25, 0.3) is 0 Å². The fourth-order valence-electron chi connectivity index (χ4n) is 1.10. The molecule has 5 heteroatoms. The summed E-state index contributed by atoms with van der Waals surface area (Å²) in [6.45, 7) is 0. The van der Waals surface area contributed by atoms with Gasteiger partial charge in [0.1, 0.15) is 6.10 Å². The number of aliphatic hydroxyl groups excluding tert-OH is 2. The van der Waals surface area contributed by atoms with E-state index in [4.69, 9.17) is 0 Å². The maximum atomic E-state index is 10.4. The Morgan fingerprint density at radius 2 is 2.29 bits per heavy atom. The topological polar surface area (TPSA) is 57.5 Å². The van der Waals surface area contributed by atoms with Gasteiger partial charge >= 0.3 is 0 Å². The van der Waals surface area contributed by atoms with Gasteiger partial charge in [-0.05, 0) is 29.2 Å². The summed E-state index contributed by atoms with van der Waals surface area (Å²) < 4.78 is 0. The van der Waals surface area contributed by atoms with Crippen LogP contribution in [0.4, 0.5) is 0 Å². The van der Waals surface area contributed by atoms with Crippen LogP contribution in [0.25, 0.3) is 0 Å². The van der Waals surface area contributed by atoms with Crippen LogP contribution in [-0.4, -0.2) is 28.4 Å². The normalized spacial score (nSPS) is 15.1. The molecule has 14 heavy (non-hydrogen) atoms. The van der Waals surface area contributed by atoms with Crippen LogP contribution in [0.1, 0.15) is 27.8 Å². The highest BCUT2D eigenvalue weighted by Gasteiger charge is 2.18. The largest absolute Gasteiger partial charge is 0.390 e. The number of hydrogen-bond acceptors (Lipinski definition) is 5. The first-order valence-corrected chi connectivity index (χ1v) is 5.71. The Balaban J connectivity index is 2.67. The van der Waals surface area contributed by atoms with Gasteiger partial charge in [-0.1, -0.05) is 0 Å². The third kappa shape index (κ3) is 2.81. The predicted molar refractivity (Wildman–Crippen MR) is 59.1 cm³/mol. The molecule has 2 unspecified atom stereocenters. The van der Waals surface area contributed by atoms with Crippen molar-refractivity contribution in [1.82, 2.24) is 0 Å². The molecule has 1 aromatic rings. The van der Waals surface area contributed by atoms with Gasteiger partial charge < -0.3 is 10.2 Å². The van der Waals surface area contributed by atoms with Crippen molar-refractivity contribution < 1.29 is 15.0 Å². The molecule has 0 aliphatic carbocycles. The molecule has 0 bridgehead atoms. The van der Waals surface area contributed by atoms with Gasteiger partial charge in [-0.3, -0.25) is 4.79 Å². The number of carbonyl (C=O) groups excluding carboxylic acids is 1. The van der Waals surface area contributed by atoms with E-state index >= 15 is 0 Å². The molecule has 0 aliphatic heterocycles. The highest BCUT2D eigenvalue weighted by molar-refractivity contribution is 7.80. The highest BCUT2D eigenvalue weighted by atomic mass is 32.1. The summed E-state index contributed by atoms with van der Waals surface area (Å²) in [6.07, 6.45) is -0.587. The number of carbonyl (C=O) groups is 1. The van der Waals surface area contributed by atoms with Crippen molar-refractivity contribution in [3.63, 3.8) is 0 Å². The lowest BCUT2D eigenvalue weighted by molar-refractivity contribution is 0.0175. The first-order chi connectivity index (χ1) is 6.69. The molecule has 0 amide bonds. The lowest BCUT2D eigenvalue weighted by atomic mass is 10.1. The third-order valence-corrected chi connectivity index (χ3v) is 3.02. The Labute approximate surface area is 91.8 Å². The van der Waals surface area contributed by atoms with E-state index in [0.717, 1.165) is 6.29 Å². The van der Waals surface area contributed by atoms with Crippen LogP contribution in [-0.2, 0) is 0 Å². The molecule has 0 radical (unpaired) electrons. The second-order valence-corrected chi connectivity index (χ2v) is 4.31. The van der Waals surface area contributed by atoms with Gasteiger partial charge in [-0.15, -0.1) is 11.3 Å². The quantitative estimate of drug-likeness (QED) is 0.529. The van der Waals surface area contributed by atoms with Crippen LogP contribution < -0.4 is 0 Å². The van der Waals surface area contributed by atoms with Gasteiger partial charge in [0, 0.05) is 0 Å². The van der Waals surface area contributed by atoms with Crippen molar-refractivity contribution in [2.45, 2.75) is 18.6 Å². The van der Waals surface area contributed by atoms with Gasteiger partial charge in [0.05, 0.1) is 11.0 Å². The van der Waals surface area contributed by atoms with Gasteiger partial charge in [0.2, 0.25) is 0 Å². The summed E-state index contributed by atoms with van der Waals surface area (Å²) >= 11 is 5.22. The number of hydrogen-bond donors (Lipinski definition) is 3. The maximum absolute atomic E-state index is 10.4. The van der Waals surface area contributed by atoms with Gasteiger partial charge in [-0.2, -0.15) is 12.6 Å². The molecule has 1 rings (SSSR count). The van der Waals surface area contributed by atoms with Gasteiger partial charge in [0.15, 0.2) is 6.29 Å². The molecular weight excluding hydrogens is 220 g/mol.